The second-order valence-corrected chi connectivity index (χ2v) is 10.4. The van der Waals surface area contributed by atoms with E-state index in [1.807, 2.05) is 0 Å². The van der Waals surface area contributed by atoms with Gasteiger partial charge in [-0.2, -0.15) is 0 Å². The lowest BCUT2D eigenvalue weighted by Gasteiger charge is -2.45. The zero-order chi connectivity index (χ0) is 22.2. The molecule has 2 fully saturated rings. The number of Topliss-reactive ketones (excluding diaryl/α,β-unsaturated/α-hetero) is 1. The Morgan fingerprint density at radius 3 is 2.81 bits per heavy atom. The first-order valence-electron chi connectivity index (χ1n) is 11.9. The zero-order valence-corrected chi connectivity index (χ0v) is 19.1. The van der Waals surface area contributed by atoms with Gasteiger partial charge in [-0.05, 0) is 57.6 Å². The molecular weight excluding hydrogens is 404 g/mol. The quantitative estimate of drug-likeness (QED) is 0.653. The number of aromatic nitrogens is 1. The van der Waals surface area contributed by atoms with E-state index in [0.717, 1.165) is 66.5 Å². The monoisotopic (exact) mass is 434 g/mol. The molecule has 6 heteroatoms. The molecule has 0 amide bonds. The predicted octanol–water partition coefficient (Wildman–Crippen LogP) is 4.40. The Morgan fingerprint density at radius 2 is 2.06 bits per heavy atom. The van der Waals surface area contributed by atoms with Crippen LogP contribution in [0.1, 0.15) is 80.4 Å². The van der Waals surface area contributed by atoms with Crippen LogP contribution >= 0.6 is 0 Å². The number of carbonyl (C=O) groups is 1. The van der Waals surface area contributed by atoms with Crippen molar-refractivity contribution < 1.29 is 14.3 Å². The number of ketones is 1. The number of rotatable bonds is 5. The van der Waals surface area contributed by atoms with Gasteiger partial charge in [-0.1, -0.05) is 12.8 Å². The second-order valence-electron chi connectivity index (χ2n) is 10.4. The summed E-state index contributed by atoms with van der Waals surface area (Å²) in [4.78, 5) is 25.0. The first kappa shape index (κ1) is 19.9. The number of hydrogen-bond acceptors (Lipinski definition) is 5. The minimum Gasteiger partial charge on any atom is -0.490 e. The van der Waals surface area contributed by atoms with Crippen LogP contribution in [0.4, 0.5) is 0 Å². The lowest BCUT2D eigenvalue weighted by atomic mass is 9.88. The van der Waals surface area contributed by atoms with Gasteiger partial charge in [0.15, 0.2) is 22.7 Å². The van der Waals surface area contributed by atoms with Gasteiger partial charge >= 0.3 is 0 Å². The molecule has 6 nitrogen and oxygen atoms in total. The molecule has 32 heavy (non-hydrogen) atoms. The normalized spacial score (nSPS) is 22.0. The van der Waals surface area contributed by atoms with Crippen LogP contribution in [-0.4, -0.2) is 29.2 Å². The van der Waals surface area contributed by atoms with Crippen LogP contribution in [0, 0.1) is 5.92 Å². The van der Waals surface area contributed by atoms with Crippen molar-refractivity contribution in [2.45, 2.75) is 70.9 Å². The SMILES string of the molecule is CC(=O)c1cn2c(cc1=O)-c1c(cc(OCCC3CC3)c3c1CCO3)[C@H]1CCC(C)(C)N12. The van der Waals surface area contributed by atoms with Crippen molar-refractivity contribution in [2.24, 2.45) is 5.92 Å². The Morgan fingerprint density at radius 1 is 1.25 bits per heavy atom. The Kier molecular flexibility index (Phi) is 4.27. The minimum atomic E-state index is -0.220. The fraction of sp³-hybridized carbons (Fsp3) is 0.538. The van der Waals surface area contributed by atoms with Crippen LogP contribution in [0.5, 0.6) is 11.5 Å². The first-order valence-corrected chi connectivity index (χ1v) is 11.9. The minimum absolute atomic E-state index is 0.0945. The maximum atomic E-state index is 12.9. The third-order valence-corrected chi connectivity index (χ3v) is 7.66. The van der Waals surface area contributed by atoms with E-state index in [0.29, 0.717) is 6.61 Å². The van der Waals surface area contributed by atoms with E-state index in [1.165, 1.54) is 25.3 Å². The molecule has 4 aliphatic rings. The van der Waals surface area contributed by atoms with Gasteiger partial charge < -0.3 is 9.47 Å². The van der Waals surface area contributed by atoms with Crippen LogP contribution in [-0.2, 0) is 6.42 Å². The van der Waals surface area contributed by atoms with Gasteiger partial charge in [-0.15, -0.1) is 0 Å². The van der Waals surface area contributed by atoms with Gasteiger partial charge in [0.1, 0.15) is 0 Å². The number of pyridine rings is 1. The first-order chi connectivity index (χ1) is 15.3. The molecule has 1 aromatic heterocycles. The molecule has 2 aromatic rings. The summed E-state index contributed by atoms with van der Waals surface area (Å²) < 4.78 is 14.4. The molecule has 0 N–H and O–H groups in total. The van der Waals surface area contributed by atoms with Crippen LogP contribution < -0.4 is 19.9 Å². The Hall–Kier alpha value is -2.76. The number of carbonyl (C=O) groups excluding carboxylic acids is 1. The Labute approximate surface area is 188 Å². The third-order valence-electron chi connectivity index (χ3n) is 7.66. The number of benzene rings is 1. The van der Waals surface area contributed by atoms with E-state index >= 15 is 0 Å². The molecular formula is C26H30N2O4. The van der Waals surface area contributed by atoms with Crippen molar-refractivity contribution in [3.63, 3.8) is 0 Å². The van der Waals surface area contributed by atoms with Crippen molar-refractivity contribution in [1.82, 2.24) is 4.68 Å². The highest BCUT2D eigenvalue weighted by molar-refractivity contribution is 5.94. The van der Waals surface area contributed by atoms with E-state index in [2.05, 4.69) is 29.6 Å². The average molecular weight is 435 g/mol. The van der Waals surface area contributed by atoms with Gasteiger partial charge in [0.05, 0.1) is 36.1 Å². The molecule has 1 aromatic carbocycles. The summed E-state index contributed by atoms with van der Waals surface area (Å²) >= 11 is 0. The molecule has 0 radical (unpaired) electrons. The highest BCUT2D eigenvalue weighted by atomic mass is 16.5. The number of nitrogens with zero attached hydrogens (tertiary/aromatic N) is 2. The molecule has 3 aliphatic heterocycles. The fourth-order valence-corrected chi connectivity index (χ4v) is 5.81. The van der Waals surface area contributed by atoms with Crippen molar-refractivity contribution in [3.05, 3.63) is 45.2 Å². The van der Waals surface area contributed by atoms with Gasteiger partial charge in [0.25, 0.3) is 0 Å². The topological polar surface area (TPSA) is 60.8 Å². The summed E-state index contributed by atoms with van der Waals surface area (Å²) in [5, 5.41) is 2.35. The molecule has 0 bridgehead atoms. The van der Waals surface area contributed by atoms with E-state index in [9.17, 15) is 9.59 Å². The molecule has 1 atom stereocenters. The molecule has 6 rings (SSSR count). The molecule has 4 heterocycles. The molecule has 1 aliphatic carbocycles. The van der Waals surface area contributed by atoms with Crippen molar-refractivity contribution in [2.75, 3.05) is 18.2 Å². The van der Waals surface area contributed by atoms with Crippen LogP contribution in [0.25, 0.3) is 11.3 Å². The highest BCUT2D eigenvalue weighted by Gasteiger charge is 2.46. The maximum Gasteiger partial charge on any atom is 0.193 e. The van der Waals surface area contributed by atoms with E-state index < -0.39 is 0 Å². The van der Waals surface area contributed by atoms with Gasteiger partial charge in [-0.25, -0.2) is 0 Å². The molecule has 168 valence electrons. The van der Waals surface area contributed by atoms with Crippen molar-refractivity contribution in [1.29, 1.82) is 0 Å². The fourth-order valence-electron chi connectivity index (χ4n) is 5.81. The maximum absolute atomic E-state index is 12.9. The van der Waals surface area contributed by atoms with E-state index in [4.69, 9.17) is 9.47 Å². The van der Waals surface area contributed by atoms with Gasteiger partial charge in [-0.3, -0.25) is 19.3 Å². The Balaban J connectivity index is 1.55. The second kappa shape index (κ2) is 6.87. The molecule has 0 spiro atoms. The van der Waals surface area contributed by atoms with Gasteiger partial charge in [0, 0.05) is 29.8 Å². The number of ether oxygens (including phenoxy) is 2. The summed E-state index contributed by atoms with van der Waals surface area (Å²) in [6, 6.07) is 3.98. The van der Waals surface area contributed by atoms with Crippen LogP contribution in [0.3, 0.4) is 0 Å². The smallest absolute Gasteiger partial charge is 0.193 e. The lowest BCUT2D eigenvalue weighted by Crippen LogP contribution is -2.50. The number of hydrogen-bond donors (Lipinski definition) is 0. The molecule has 0 unspecified atom stereocenters. The number of fused-ring (bicyclic) bond motifs is 8. The van der Waals surface area contributed by atoms with E-state index in [1.54, 1.807) is 12.3 Å². The van der Waals surface area contributed by atoms with E-state index in [-0.39, 0.29) is 28.4 Å². The Bertz CT molecular complexity index is 1190. The molecule has 1 saturated carbocycles. The summed E-state index contributed by atoms with van der Waals surface area (Å²) in [5.74, 6) is 2.30. The largest absolute Gasteiger partial charge is 0.490 e. The summed E-state index contributed by atoms with van der Waals surface area (Å²) in [6.45, 7) is 7.27. The van der Waals surface area contributed by atoms with Crippen molar-refractivity contribution >= 4 is 5.78 Å². The van der Waals surface area contributed by atoms with Crippen LogP contribution in [0.2, 0.25) is 0 Å². The lowest BCUT2D eigenvalue weighted by molar-refractivity contribution is 0.101. The van der Waals surface area contributed by atoms with Gasteiger partial charge in [0.2, 0.25) is 0 Å². The summed E-state index contributed by atoms with van der Waals surface area (Å²) in [5.41, 5.74) is 4.23. The van der Waals surface area contributed by atoms with Crippen molar-refractivity contribution in [3.8, 4) is 22.8 Å². The standard InChI is InChI=1S/C26H30N2O4/c1-15(29)19-14-27-21(13-22(19)30)24-17-8-11-32-25(17)23(31-10-7-16-4-5-16)12-18(24)20-6-9-26(2,3)28(20)27/h12-14,16,20H,4-11H2,1-3H3/t20-/m1/s1. The zero-order valence-electron chi connectivity index (χ0n) is 19.1. The average Bonchev–Trinajstić information content (AvgIpc) is 3.32. The highest BCUT2D eigenvalue weighted by Crippen LogP contribution is 2.53. The third kappa shape index (κ3) is 2.91. The summed E-state index contributed by atoms with van der Waals surface area (Å²) in [6.07, 6.45) is 8.35. The summed E-state index contributed by atoms with van der Waals surface area (Å²) in [7, 11) is 0. The van der Waals surface area contributed by atoms with Crippen LogP contribution in [0.15, 0.2) is 23.1 Å². The predicted molar refractivity (Wildman–Crippen MR) is 122 cm³/mol. The molecule has 1 saturated heterocycles.